The smallest absolute Gasteiger partial charge is 0.312 e. The van der Waals surface area contributed by atoms with Crippen molar-refractivity contribution in [3.05, 3.63) is 10.6 Å². The van der Waals surface area contributed by atoms with Crippen LogP contribution in [0.25, 0.3) is 0 Å². The van der Waals surface area contributed by atoms with Gasteiger partial charge in [0.15, 0.2) is 5.13 Å². The maximum atomic E-state index is 11.2. The van der Waals surface area contributed by atoms with Gasteiger partial charge >= 0.3 is 5.97 Å². The molecule has 2 heterocycles. The molecule has 0 spiro atoms. The third-order valence-corrected chi connectivity index (χ3v) is 6.43. The summed E-state index contributed by atoms with van der Waals surface area (Å²) >= 11 is 3.74. The number of aryl methyl sites for hydroxylation is 1. The monoisotopic (exact) mass is 298 g/mol. The average Bonchev–Trinajstić information content (AvgIpc) is 2.98. The third-order valence-electron chi connectivity index (χ3n) is 3.87. The summed E-state index contributed by atoms with van der Waals surface area (Å²) in [5, 5.41) is 10.9. The molecular formula is C13H18N2O2S2. The molecule has 1 aliphatic carbocycles. The van der Waals surface area contributed by atoms with Gasteiger partial charge in [-0.15, -0.1) is 11.3 Å². The van der Waals surface area contributed by atoms with Crippen LogP contribution in [0.5, 0.6) is 0 Å². The Morgan fingerprint density at radius 1 is 1.58 bits per heavy atom. The highest BCUT2D eigenvalue weighted by Gasteiger charge is 2.33. The lowest BCUT2D eigenvalue weighted by molar-refractivity contribution is -0.138. The van der Waals surface area contributed by atoms with E-state index >= 15 is 0 Å². The molecule has 3 rings (SSSR count). The van der Waals surface area contributed by atoms with Crippen molar-refractivity contribution in [2.24, 2.45) is 0 Å². The van der Waals surface area contributed by atoms with Gasteiger partial charge in [0.1, 0.15) is 5.92 Å². The second-order valence-corrected chi connectivity index (χ2v) is 7.55. The molecule has 0 radical (unpaired) electrons. The van der Waals surface area contributed by atoms with Gasteiger partial charge in [-0.25, -0.2) is 4.98 Å². The summed E-state index contributed by atoms with van der Waals surface area (Å²) in [5.74, 6) is 0.0443. The van der Waals surface area contributed by atoms with Crippen LogP contribution in [-0.2, 0) is 11.2 Å². The SMILES string of the molecule is CCC1CN(c2nc3c(s2)CCC3C(=O)O)CCS1. The maximum Gasteiger partial charge on any atom is 0.312 e. The quantitative estimate of drug-likeness (QED) is 0.929. The van der Waals surface area contributed by atoms with Crippen LogP contribution in [0.3, 0.4) is 0 Å². The second-order valence-electron chi connectivity index (χ2n) is 5.08. The van der Waals surface area contributed by atoms with E-state index in [-0.39, 0.29) is 5.92 Å². The zero-order valence-electron chi connectivity index (χ0n) is 11.0. The average molecular weight is 298 g/mol. The van der Waals surface area contributed by atoms with Crippen LogP contribution in [0.15, 0.2) is 0 Å². The molecule has 2 atom stereocenters. The third kappa shape index (κ3) is 2.48. The fourth-order valence-electron chi connectivity index (χ4n) is 2.73. The van der Waals surface area contributed by atoms with E-state index in [9.17, 15) is 9.90 Å². The van der Waals surface area contributed by atoms with Crippen molar-refractivity contribution in [2.45, 2.75) is 37.4 Å². The summed E-state index contributed by atoms with van der Waals surface area (Å²) in [6.07, 6.45) is 2.78. The molecule has 0 aromatic carbocycles. The molecule has 1 fully saturated rings. The molecule has 6 heteroatoms. The Kier molecular flexibility index (Phi) is 3.71. The number of nitrogens with zero attached hydrogens (tertiary/aromatic N) is 2. The number of aromatic nitrogens is 1. The van der Waals surface area contributed by atoms with Gasteiger partial charge in [0, 0.05) is 29.0 Å². The second kappa shape index (κ2) is 5.32. The van der Waals surface area contributed by atoms with Gasteiger partial charge in [0.25, 0.3) is 0 Å². The molecular weight excluding hydrogens is 280 g/mol. The zero-order chi connectivity index (χ0) is 13.4. The molecule has 2 unspecified atom stereocenters. The van der Waals surface area contributed by atoms with Gasteiger partial charge in [-0.05, 0) is 19.3 Å². The number of hydrogen-bond acceptors (Lipinski definition) is 5. The van der Waals surface area contributed by atoms with E-state index in [0.717, 1.165) is 42.5 Å². The number of fused-ring (bicyclic) bond motifs is 1. The van der Waals surface area contributed by atoms with Gasteiger partial charge in [0.2, 0.25) is 0 Å². The van der Waals surface area contributed by atoms with Crippen molar-refractivity contribution < 1.29 is 9.90 Å². The molecule has 1 saturated heterocycles. The molecule has 0 amide bonds. The molecule has 19 heavy (non-hydrogen) atoms. The Morgan fingerprint density at radius 3 is 3.16 bits per heavy atom. The number of carboxylic acid groups (broad SMARTS) is 1. The van der Waals surface area contributed by atoms with Crippen molar-refractivity contribution in [1.29, 1.82) is 0 Å². The number of carbonyl (C=O) groups is 1. The van der Waals surface area contributed by atoms with Crippen LogP contribution < -0.4 is 4.90 Å². The lowest BCUT2D eigenvalue weighted by Crippen LogP contribution is -2.37. The molecule has 1 aromatic rings. The fourth-order valence-corrected chi connectivity index (χ4v) is 5.08. The van der Waals surface area contributed by atoms with E-state index in [1.54, 1.807) is 11.3 Å². The zero-order valence-corrected chi connectivity index (χ0v) is 12.6. The van der Waals surface area contributed by atoms with Gasteiger partial charge in [-0.1, -0.05) is 6.92 Å². The minimum atomic E-state index is -0.726. The topological polar surface area (TPSA) is 53.4 Å². The summed E-state index contributed by atoms with van der Waals surface area (Å²) in [4.78, 5) is 19.4. The van der Waals surface area contributed by atoms with E-state index in [2.05, 4.69) is 16.8 Å². The highest BCUT2D eigenvalue weighted by Crippen LogP contribution is 2.40. The lowest BCUT2D eigenvalue weighted by atomic mass is 10.1. The number of rotatable bonds is 3. The molecule has 4 nitrogen and oxygen atoms in total. The molecule has 1 aliphatic heterocycles. The number of thioether (sulfide) groups is 1. The first-order valence-electron chi connectivity index (χ1n) is 6.78. The minimum absolute atomic E-state index is 0.374. The molecule has 0 bridgehead atoms. The lowest BCUT2D eigenvalue weighted by Gasteiger charge is -2.31. The number of anilines is 1. The first-order chi connectivity index (χ1) is 9.19. The Bertz CT molecular complexity index is 489. The van der Waals surface area contributed by atoms with Gasteiger partial charge < -0.3 is 10.0 Å². The van der Waals surface area contributed by atoms with Crippen LogP contribution in [0.4, 0.5) is 5.13 Å². The van der Waals surface area contributed by atoms with E-state index in [0.29, 0.717) is 5.25 Å². The Balaban J connectivity index is 1.80. The van der Waals surface area contributed by atoms with Crippen LogP contribution in [0.2, 0.25) is 0 Å². The van der Waals surface area contributed by atoms with Crippen molar-refractivity contribution in [3.63, 3.8) is 0 Å². The van der Waals surface area contributed by atoms with Crippen molar-refractivity contribution in [2.75, 3.05) is 23.7 Å². The van der Waals surface area contributed by atoms with Crippen LogP contribution in [0.1, 0.15) is 36.3 Å². The first-order valence-corrected chi connectivity index (χ1v) is 8.64. The molecule has 2 aliphatic rings. The maximum absolute atomic E-state index is 11.2. The molecule has 1 N–H and O–H groups in total. The highest BCUT2D eigenvalue weighted by molar-refractivity contribution is 8.00. The predicted molar refractivity (Wildman–Crippen MR) is 79.6 cm³/mol. The number of carboxylic acids is 1. The van der Waals surface area contributed by atoms with Crippen molar-refractivity contribution >= 4 is 34.2 Å². The fraction of sp³-hybridized carbons (Fsp3) is 0.692. The van der Waals surface area contributed by atoms with Crippen LogP contribution in [-0.4, -0.2) is 40.2 Å². The van der Waals surface area contributed by atoms with Crippen molar-refractivity contribution in [1.82, 2.24) is 4.98 Å². The highest BCUT2D eigenvalue weighted by atomic mass is 32.2. The van der Waals surface area contributed by atoms with E-state index in [1.165, 1.54) is 11.3 Å². The number of thiazole rings is 1. The normalized spacial score (nSPS) is 26.5. The van der Waals surface area contributed by atoms with Crippen LogP contribution in [0, 0.1) is 0 Å². The molecule has 0 saturated carbocycles. The standard InChI is InChI=1S/C13H18N2O2S2/c1-2-8-7-15(5-6-18-8)13-14-11-9(12(16)17)3-4-10(11)19-13/h8-9H,2-7H2,1H3,(H,16,17). The number of hydrogen-bond donors (Lipinski definition) is 1. The summed E-state index contributed by atoms with van der Waals surface area (Å²) in [5.41, 5.74) is 0.832. The van der Waals surface area contributed by atoms with E-state index in [1.807, 2.05) is 11.8 Å². The predicted octanol–water partition coefficient (Wildman–Crippen LogP) is 2.59. The van der Waals surface area contributed by atoms with Crippen molar-refractivity contribution in [3.8, 4) is 0 Å². The number of aliphatic carboxylic acids is 1. The Hall–Kier alpha value is -0.750. The van der Waals surface area contributed by atoms with Gasteiger partial charge in [0.05, 0.1) is 5.69 Å². The summed E-state index contributed by atoms with van der Waals surface area (Å²) in [6.45, 7) is 4.31. The van der Waals surface area contributed by atoms with Gasteiger partial charge in [-0.2, -0.15) is 11.8 Å². The minimum Gasteiger partial charge on any atom is -0.481 e. The summed E-state index contributed by atoms with van der Waals surface area (Å²) < 4.78 is 0. The first kappa shape index (κ1) is 13.2. The van der Waals surface area contributed by atoms with E-state index < -0.39 is 5.97 Å². The molecule has 104 valence electrons. The molecule has 1 aromatic heterocycles. The van der Waals surface area contributed by atoms with E-state index in [4.69, 9.17) is 0 Å². The largest absolute Gasteiger partial charge is 0.481 e. The Morgan fingerprint density at radius 2 is 2.42 bits per heavy atom. The Labute approximate surface area is 121 Å². The summed E-state index contributed by atoms with van der Waals surface area (Å²) in [6, 6.07) is 0. The summed E-state index contributed by atoms with van der Waals surface area (Å²) in [7, 11) is 0. The van der Waals surface area contributed by atoms with Gasteiger partial charge in [-0.3, -0.25) is 4.79 Å². The van der Waals surface area contributed by atoms with Crippen LogP contribution >= 0.6 is 23.1 Å².